The van der Waals surface area contributed by atoms with E-state index < -0.39 is 32.1 Å². The first-order valence-corrected chi connectivity index (χ1v) is 18.0. The van der Waals surface area contributed by atoms with Crippen LogP contribution in [0, 0.1) is 0 Å². The average molecular weight is 637 g/mol. The van der Waals surface area contributed by atoms with Crippen LogP contribution in [-0.2, 0) is 20.6 Å². The summed E-state index contributed by atoms with van der Waals surface area (Å²) in [5.74, 6) is 0.824. The normalized spacial score (nSPS) is 16.7. The van der Waals surface area contributed by atoms with Gasteiger partial charge in [0.1, 0.15) is 11.2 Å². The largest absolute Gasteiger partial charge is 0.539 e. The summed E-state index contributed by atoms with van der Waals surface area (Å²) >= 11 is 8.39. The second-order valence-electron chi connectivity index (χ2n) is 13.4. The Balaban J connectivity index is 1.71. The molecule has 7 nitrogen and oxygen atoms in total. The highest BCUT2D eigenvalue weighted by molar-refractivity contribution is 7.99. The lowest BCUT2D eigenvalue weighted by Crippen LogP contribution is -2.61. The molecular weight excluding hydrogens is 590 g/mol. The molecule has 1 N–H and O–H groups in total. The molecule has 0 bridgehead atoms. The number of carbonyl (C=O) groups excluding carboxylic acids is 1. The van der Waals surface area contributed by atoms with Gasteiger partial charge in [-0.2, -0.15) is 0 Å². The number of hydrogen-bond acceptors (Lipinski definition) is 7. The molecule has 0 atom stereocenters. The number of nitrogens with one attached hydrogen (secondary N) is 1. The molecule has 1 radical (unpaired) electrons. The maximum atomic E-state index is 12.7. The number of amides is 1. The Bertz CT molecular complexity index is 1210. The third kappa shape index (κ3) is 11.0. The van der Waals surface area contributed by atoms with Crippen LogP contribution >= 0.6 is 23.4 Å². The van der Waals surface area contributed by atoms with Gasteiger partial charge in [-0.15, -0.1) is 0 Å². The standard InChI is InChI=1S/C32H47ClNO6SSi/c1-29(2,3)38-25-14-11-15-26(27(25)40-42(9)10)41-23-17-16-22(24(33)19-23)13-12-18-32(20-36-31(7,8)37-21-32)34-28(35)39-30(4,5)6/h11,14-17,19H,12-13,18,20-21H2,1-10H3,(H,34,35). The Kier molecular flexibility index (Phi) is 11.4. The van der Waals surface area contributed by atoms with E-state index in [0.29, 0.717) is 24.7 Å². The predicted octanol–water partition coefficient (Wildman–Crippen LogP) is 8.67. The van der Waals surface area contributed by atoms with Gasteiger partial charge in [0, 0.05) is 9.92 Å². The van der Waals surface area contributed by atoms with E-state index in [1.165, 1.54) is 0 Å². The summed E-state index contributed by atoms with van der Waals surface area (Å²) in [6.07, 6.45) is 1.69. The lowest BCUT2D eigenvalue weighted by atomic mass is 9.92. The first-order valence-electron chi connectivity index (χ1n) is 14.4. The lowest BCUT2D eigenvalue weighted by molar-refractivity contribution is -0.271. The van der Waals surface area contributed by atoms with Crippen molar-refractivity contribution in [1.29, 1.82) is 0 Å². The molecule has 1 amide bonds. The zero-order chi connectivity index (χ0) is 31.3. The van der Waals surface area contributed by atoms with Gasteiger partial charge in [0.05, 0.1) is 23.6 Å². The van der Waals surface area contributed by atoms with Gasteiger partial charge in [-0.3, -0.25) is 0 Å². The molecule has 2 aromatic rings. The fourth-order valence-corrected chi connectivity index (χ4v) is 6.32. The molecule has 1 saturated heterocycles. The molecule has 1 heterocycles. The number of carbonyl (C=O) groups is 1. The highest BCUT2D eigenvalue weighted by atomic mass is 35.5. The van der Waals surface area contributed by atoms with Crippen molar-refractivity contribution in [3.8, 4) is 11.5 Å². The predicted molar refractivity (Wildman–Crippen MR) is 172 cm³/mol. The molecule has 0 saturated carbocycles. The summed E-state index contributed by atoms with van der Waals surface area (Å²) in [5, 5.41) is 3.73. The van der Waals surface area contributed by atoms with Crippen LogP contribution in [0.1, 0.15) is 73.8 Å². The molecule has 0 spiro atoms. The zero-order valence-electron chi connectivity index (χ0n) is 26.7. The number of alkyl carbamates (subject to hydrolysis) is 1. The highest BCUT2D eigenvalue weighted by Gasteiger charge is 2.41. The number of rotatable bonds is 10. The number of hydrogen-bond donors (Lipinski definition) is 1. The Labute approximate surface area is 263 Å². The van der Waals surface area contributed by atoms with Gasteiger partial charge in [0.25, 0.3) is 9.04 Å². The van der Waals surface area contributed by atoms with E-state index in [1.807, 2.05) is 73.6 Å². The van der Waals surface area contributed by atoms with E-state index in [4.69, 9.17) is 35.0 Å². The summed E-state index contributed by atoms with van der Waals surface area (Å²) in [4.78, 5) is 14.7. The highest BCUT2D eigenvalue weighted by Crippen LogP contribution is 2.43. The second-order valence-corrected chi connectivity index (χ2v) is 16.9. The summed E-state index contributed by atoms with van der Waals surface area (Å²) in [7, 11) is -1.01. The third-order valence-electron chi connectivity index (χ3n) is 6.18. The minimum Gasteiger partial charge on any atom is -0.539 e. The van der Waals surface area contributed by atoms with Crippen LogP contribution in [0.3, 0.4) is 0 Å². The first kappa shape index (κ1) is 34.6. The van der Waals surface area contributed by atoms with Gasteiger partial charge in [-0.05, 0) is 118 Å². The van der Waals surface area contributed by atoms with Gasteiger partial charge in [-0.25, -0.2) is 4.79 Å². The third-order valence-corrected chi connectivity index (χ3v) is 8.17. The van der Waals surface area contributed by atoms with Crippen molar-refractivity contribution < 1.29 is 28.2 Å². The molecule has 1 aliphatic rings. The molecule has 0 aliphatic carbocycles. The van der Waals surface area contributed by atoms with Crippen LogP contribution in [0.5, 0.6) is 11.5 Å². The Hall–Kier alpha value is -1.91. The van der Waals surface area contributed by atoms with Crippen molar-refractivity contribution in [2.75, 3.05) is 13.2 Å². The molecule has 1 fully saturated rings. The first-order chi connectivity index (χ1) is 19.4. The van der Waals surface area contributed by atoms with Crippen LogP contribution < -0.4 is 14.5 Å². The zero-order valence-corrected chi connectivity index (χ0v) is 29.3. The Morgan fingerprint density at radius 3 is 2.29 bits per heavy atom. The van der Waals surface area contributed by atoms with E-state index in [0.717, 1.165) is 39.7 Å². The van der Waals surface area contributed by atoms with Crippen LogP contribution in [-0.4, -0.2) is 50.9 Å². The fourth-order valence-electron chi connectivity index (χ4n) is 4.34. The molecule has 1 aliphatic heterocycles. The number of ether oxygens (including phenoxy) is 4. The SMILES string of the molecule is C[Si](C)Oc1c(OC(C)(C)C)cccc1Sc1ccc(CCCC2(NC(=O)OC(C)(C)C)COC(C)(C)OC2)c(Cl)c1. The van der Waals surface area contributed by atoms with Crippen molar-refractivity contribution in [2.45, 2.75) is 120 Å². The minimum absolute atomic E-state index is 0.337. The van der Waals surface area contributed by atoms with Crippen molar-refractivity contribution in [2.24, 2.45) is 0 Å². The number of halogens is 1. The van der Waals surface area contributed by atoms with E-state index in [-0.39, 0.29) is 5.60 Å². The molecule has 3 rings (SSSR count). The van der Waals surface area contributed by atoms with E-state index in [1.54, 1.807) is 11.8 Å². The summed E-state index contributed by atoms with van der Waals surface area (Å²) < 4.78 is 29.9. The van der Waals surface area contributed by atoms with Gasteiger partial charge in [0.15, 0.2) is 17.3 Å². The van der Waals surface area contributed by atoms with Crippen molar-refractivity contribution in [3.63, 3.8) is 0 Å². The lowest BCUT2D eigenvalue weighted by Gasteiger charge is -2.44. The summed E-state index contributed by atoms with van der Waals surface area (Å²) in [6, 6.07) is 12.1. The average Bonchev–Trinajstić information content (AvgIpc) is 2.82. The van der Waals surface area contributed by atoms with Crippen molar-refractivity contribution in [1.82, 2.24) is 5.32 Å². The van der Waals surface area contributed by atoms with E-state index in [2.05, 4.69) is 36.6 Å². The van der Waals surface area contributed by atoms with Gasteiger partial charge < -0.3 is 28.7 Å². The Morgan fingerprint density at radius 2 is 1.71 bits per heavy atom. The molecule has 42 heavy (non-hydrogen) atoms. The maximum absolute atomic E-state index is 12.7. The smallest absolute Gasteiger partial charge is 0.408 e. The fraction of sp³-hybridized carbons (Fsp3) is 0.594. The number of benzene rings is 2. The minimum atomic E-state index is -1.01. The van der Waals surface area contributed by atoms with Crippen molar-refractivity contribution in [3.05, 3.63) is 47.0 Å². The van der Waals surface area contributed by atoms with Crippen LogP contribution in [0.4, 0.5) is 4.79 Å². The molecule has 0 aromatic heterocycles. The van der Waals surface area contributed by atoms with Crippen molar-refractivity contribution >= 4 is 38.5 Å². The van der Waals surface area contributed by atoms with Gasteiger partial charge in [-0.1, -0.05) is 35.5 Å². The van der Waals surface area contributed by atoms with Gasteiger partial charge in [0.2, 0.25) is 0 Å². The molecule has 2 aromatic carbocycles. The quantitative estimate of drug-likeness (QED) is 0.262. The molecule has 233 valence electrons. The van der Waals surface area contributed by atoms with Gasteiger partial charge >= 0.3 is 6.09 Å². The molecular formula is C32H47ClNO6SSi. The topological polar surface area (TPSA) is 75.3 Å². The van der Waals surface area contributed by atoms with E-state index >= 15 is 0 Å². The number of para-hydroxylation sites is 1. The summed E-state index contributed by atoms with van der Waals surface area (Å²) in [5.41, 5.74) is -0.581. The second kappa shape index (κ2) is 13.8. The van der Waals surface area contributed by atoms with E-state index in [9.17, 15) is 4.79 Å². The summed E-state index contributed by atoms with van der Waals surface area (Å²) in [6.45, 7) is 20.3. The van der Waals surface area contributed by atoms with Crippen LogP contribution in [0.2, 0.25) is 18.1 Å². The monoisotopic (exact) mass is 636 g/mol. The maximum Gasteiger partial charge on any atom is 0.408 e. The molecule has 0 unspecified atom stereocenters. The number of aryl methyl sites for hydroxylation is 1. The Morgan fingerprint density at radius 1 is 1.05 bits per heavy atom. The molecule has 10 heteroatoms. The van der Waals surface area contributed by atoms with Crippen LogP contribution in [0.15, 0.2) is 46.2 Å². The van der Waals surface area contributed by atoms with Crippen LogP contribution in [0.25, 0.3) is 0 Å².